The summed E-state index contributed by atoms with van der Waals surface area (Å²) in [4.78, 5) is 12.6. The number of aromatic nitrogens is 3. The fourth-order valence-corrected chi connectivity index (χ4v) is 3.90. The van der Waals surface area contributed by atoms with Gasteiger partial charge in [-0.25, -0.2) is 4.39 Å². The second-order valence-electron chi connectivity index (χ2n) is 6.39. The summed E-state index contributed by atoms with van der Waals surface area (Å²) in [5, 5.41) is 11.9. The zero-order valence-corrected chi connectivity index (χ0v) is 18.8. The lowest BCUT2D eigenvalue weighted by Gasteiger charge is -2.14. The van der Waals surface area contributed by atoms with Gasteiger partial charge in [-0.2, -0.15) is 0 Å². The summed E-state index contributed by atoms with van der Waals surface area (Å²) in [5.41, 5.74) is 0.468. The molecule has 0 radical (unpaired) electrons. The van der Waals surface area contributed by atoms with Crippen LogP contribution in [-0.2, 0) is 17.9 Å². The van der Waals surface area contributed by atoms with Crippen molar-refractivity contribution in [2.24, 2.45) is 0 Å². The number of anilines is 1. The van der Waals surface area contributed by atoms with E-state index >= 15 is 0 Å². The minimum absolute atomic E-state index is 0.0172. The van der Waals surface area contributed by atoms with E-state index in [1.807, 2.05) is 0 Å². The summed E-state index contributed by atoms with van der Waals surface area (Å²) in [5.74, 6) is -0.110. The maximum absolute atomic E-state index is 13.8. The molecule has 1 unspecified atom stereocenters. The molecule has 1 amide bonds. The second-order valence-corrected chi connectivity index (χ2v) is 8.54. The van der Waals surface area contributed by atoms with Crippen LogP contribution < -0.4 is 10.1 Å². The van der Waals surface area contributed by atoms with Crippen molar-refractivity contribution in [3.63, 3.8) is 0 Å². The minimum atomic E-state index is -0.500. The highest BCUT2D eigenvalue weighted by Gasteiger charge is 2.21. The molecule has 3 rings (SSSR count). The van der Waals surface area contributed by atoms with Gasteiger partial charge in [-0.1, -0.05) is 53.2 Å². The van der Waals surface area contributed by atoms with E-state index in [4.69, 9.17) is 27.9 Å². The number of carbonyl (C=O) groups is 1. The number of amides is 1. The first kappa shape index (κ1) is 23.1. The van der Waals surface area contributed by atoms with Gasteiger partial charge in [0.1, 0.15) is 6.61 Å². The fourth-order valence-electron chi connectivity index (χ4n) is 2.57. The Balaban J connectivity index is 1.69. The smallest absolute Gasteiger partial charge is 0.237 e. The Hall–Kier alpha value is -2.55. The Kier molecular flexibility index (Phi) is 7.95. The molecule has 0 bridgehead atoms. The van der Waals surface area contributed by atoms with E-state index in [9.17, 15) is 9.18 Å². The Morgan fingerprint density at radius 2 is 2.10 bits per heavy atom. The summed E-state index contributed by atoms with van der Waals surface area (Å²) in [7, 11) is 0. The number of ether oxygens (including phenoxy) is 1. The van der Waals surface area contributed by atoms with Gasteiger partial charge in [0.2, 0.25) is 5.91 Å². The summed E-state index contributed by atoms with van der Waals surface area (Å²) < 4.78 is 21.1. The normalized spacial score (nSPS) is 11.7. The highest BCUT2D eigenvalue weighted by Crippen LogP contribution is 2.28. The molecule has 0 saturated heterocycles. The maximum atomic E-state index is 13.8. The van der Waals surface area contributed by atoms with Gasteiger partial charge >= 0.3 is 0 Å². The number of para-hydroxylation sites is 1. The van der Waals surface area contributed by atoms with Gasteiger partial charge in [0.15, 0.2) is 22.5 Å². The van der Waals surface area contributed by atoms with E-state index in [0.717, 1.165) is 0 Å². The molecular formula is C21H19Cl2FN4O2S. The van der Waals surface area contributed by atoms with Crippen molar-refractivity contribution in [3.8, 4) is 5.75 Å². The number of allylic oxidation sites excluding steroid dienone is 1. The van der Waals surface area contributed by atoms with Gasteiger partial charge < -0.3 is 10.1 Å². The molecule has 162 valence electrons. The number of hydrogen-bond donors (Lipinski definition) is 1. The predicted octanol–water partition coefficient (Wildman–Crippen LogP) is 5.61. The summed E-state index contributed by atoms with van der Waals surface area (Å²) in [6.45, 7) is 5.91. The molecule has 0 saturated carbocycles. The molecular weight excluding hydrogens is 462 g/mol. The largest absolute Gasteiger partial charge is 0.483 e. The van der Waals surface area contributed by atoms with Gasteiger partial charge in [-0.15, -0.1) is 16.8 Å². The van der Waals surface area contributed by atoms with Crippen molar-refractivity contribution in [2.75, 3.05) is 5.32 Å². The van der Waals surface area contributed by atoms with Gasteiger partial charge in [0, 0.05) is 11.6 Å². The number of benzene rings is 2. The van der Waals surface area contributed by atoms with E-state index in [1.54, 1.807) is 47.9 Å². The van der Waals surface area contributed by atoms with E-state index < -0.39 is 11.1 Å². The highest BCUT2D eigenvalue weighted by molar-refractivity contribution is 8.00. The Morgan fingerprint density at radius 1 is 1.32 bits per heavy atom. The zero-order chi connectivity index (χ0) is 22.4. The minimum Gasteiger partial charge on any atom is -0.483 e. The molecule has 1 N–H and O–H groups in total. The van der Waals surface area contributed by atoms with Crippen LogP contribution in [0.4, 0.5) is 10.1 Å². The van der Waals surface area contributed by atoms with Crippen LogP contribution in [0.1, 0.15) is 12.7 Å². The van der Waals surface area contributed by atoms with Crippen molar-refractivity contribution in [2.45, 2.75) is 30.5 Å². The lowest BCUT2D eigenvalue weighted by Crippen LogP contribution is -2.23. The lowest BCUT2D eigenvalue weighted by molar-refractivity contribution is -0.115. The van der Waals surface area contributed by atoms with Crippen LogP contribution in [-0.4, -0.2) is 25.9 Å². The molecule has 0 fully saturated rings. The molecule has 0 aliphatic carbocycles. The number of halogens is 3. The van der Waals surface area contributed by atoms with Gasteiger partial charge in [0.25, 0.3) is 0 Å². The van der Waals surface area contributed by atoms with Crippen LogP contribution in [0.5, 0.6) is 5.75 Å². The summed E-state index contributed by atoms with van der Waals surface area (Å²) >= 11 is 13.2. The molecule has 6 nitrogen and oxygen atoms in total. The quantitative estimate of drug-likeness (QED) is 0.318. The van der Waals surface area contributed by atoms with Crippen LogP contribution in [0.3, 0.4) is 0 Å². The van der Waals surface area contributed by atoms with Crippen LogP contribution >= 0.6 is 35.0 Å². The van der Waals surface area contributed by atoms with Crippen molar-refractivity contribution >= 4 is 46.6 Å². The van der Waals surface area contributed by atoms with Gasteiger partial charge in [-0.05, 0) is 37.3 Å². The molecule has 10 heteroatoms. The first-order valence-electron chi connectivity index (χ1n) is 9.22. The van der Waals surface area contributed by atoms with E-state index in [1.165, 1.54) is 23.9 Å². The number of thioether (sulfide) groups is 1. The van der Waals surface area contributed by atoms with Crippen molar-refractivity contribution in [1.82, 2.24) is 14.8 Å². The Labute approximate surface area is 193 Å². The average Bonchev–Trinajstić information content (AvgIpc) is 3.11. The van der Waals surface area contributed by atoms with E-state index in [2.05, 4.69) is 22.1 Å². The van der Waals surface area contributed by atoms with Gasteiger partial charge in [0.05, 0.1) is 16.0 Å². The standard InChI is InChI=1S/C21H19Cl2FN4O2S/c1-3-10-28-19(12-30-18-7-5-4-6-16(18)24)26-27-21(28)31-13(2)20(29)25-17-9-8-14(22)11-15(17)23/h3-9,11,13H,1,10,12H2,2H3,(H,25,29). The van der Waals surface area contributed by atoms with Crippen LogP contribution in [0, 0.1) is 5.82 Å². The van der Waals surface area contributed by atoms with E-state index in [-0.39, 0.29) is 18.3 Å². The van der Waals surface area contributed by atoms with Gasteiger partial charge in [-0.3, -0.25) is 9.36 Å². The first-order chi connectivity index (χ1) is 14.9. The fraction of sp³-hybridized carbons (Fsp3) is 0.190. The third-order valence-corrected chi connectivity index (χ3v) is 5.77. The first-order valence-corrected chi connectivity index (χ1v) is 10.9. The van der Waals surface area contributed by atoms with Crippen LogP contribution in [0.15, 0.2) is 60.3 Å². The van der Waals surface area contributed by atoms with E-state index in [0.29, 0.717) is 33.3 Å². The highest BCUT2D eigenvalue weighted by atomic mass is 35.5. The number of rotatable bonds is 9. The van der Waals surface area contributed by atoms with Crippen LogP contribution in [0.25, 0.3) is 0 Å². The molecule has 31 heavy (non-hydrogen) atoms. The molecule has 2 aromatic carbocycles. The molecule has 0 aliphatic rings. The van der Waals surface area contributed by atoms with Crippen molar-refractivity contribution < 1.29 is 13.9 Å². The topological polar surface area (TPSA) is 69.0 Å². The summed E-state index contributed by atoms with van der Waals surface area (Å²) in [6, 6.07) is 11.0. The van der Waals surface area contributed by atoms with Crippen molar-refractivity contribution in [1.29, 1.82) is 0 Å². The second kappa shape index (κ2) is 10.7. The molecule has 0 spiro atoms. The third kappa shape index (κ3) is 6.00. The Bertz CT molecular complexity index is 1090. The maximum Gasteiger partial charge on any atom is 0.237 e. The average molecular weight is 481 g/mol. The number of nitrogens with zero attached hydrogens (tertiary/aromatic N) is 3. The monoisotopic (exact) mass is 480 g/mol. The number of hydrogen-bond acceptors (Lipinski definition) is 5. The Morgan fingerprint density at radius 3 is 2.81 bits per heavy atom. The lowest BCUT2D eigenvalue weighted by atomic mass is 10.3. The molecule has 3 aromatic rings. The molecule has 1 aromatic heterocycles. The SMILES string of the molecule is C=CCn1c(COc2ccccc2F)nnc1SC(C)C(=O)Nc1ccc(Cl)cc1Cl. The predicted molar refractivity (Wildman–Crippen MR) is 121 cm³/mol. The molecule has 0 aliphatic heterocycles. The third-order valence-electron chi connectivity index (χ3n) is 4.14. The van der Waals surface area contributed by atoms with Crippen LogP contribution in [0.2, 0.25) is 10.0 Å². The molecule has 1 heterocycles. The van der Waals surface area contributed by atoms with Crippen molar-refractivity contribution in [3.05, 3.63) is 76.8 Å². The number of nitrogens with one attached hydrogen (secondary N) is 1. The summed E-state index contributed by atoms with van der Waals surface area (Å²) in [6.07, 6.45) is 1.68. The zero-order valence-electron chi connectivity index (χ0n) is 16.5. The molecule has 1 atom stereocenters. The number of carbonyl (C=O) groups excluding carboxylic acids is 1.